The fourth-order valence-corrected chi connectivity index (χ4v) is 4.57. The maximum absolute atomic E-state index is 4.52. The minimum Gasteiger partial charge on any atom is -0.264 e. The van der Waals surface area contributed by atoms with E-state index in [4.69, 9.17) is 0 Å². The molecule has 0 aliphatic carbocycles. The first-order valence-corrected chi connectivity index (χ1v) is 8.25. The molecule has 110 valence electrons. The summed E-state index contributed by atoms with van der Waals surface area (Å²) in [4.78, 5) is 4.52. The summed E-state index contributed by atoms with van der Waals surface area (Å²) in [6, 6.07) is 11.2. The predicted molar refractivity (Wildman–Crippen MR) is 93.3 cm³/mol. The minimum absolute atomic E-state index is 0.350. The van der Waals surface area contributed by atoms with Gasteiger partial charge in [0.2, 0.25) is 0 Å². The van der Waals surface area contributed by atoms with Crippen molar-refractivity contribution in [3.8, 4) is 0 Å². The zero-order chi connectivity index (χ0) is 15.6. The molecule has 0 N–H and O–H groups in total. The molecule has 0 fully saturated rings. The van der Waals surface area contributed by atoms with Gasteiger partial charge in [-0.15, -0.1) is 0 Å². The minimum atomic E-state index is 0.350. The van der Waals surface area contributed by atoms with Crippen LogP contribution in [0.25, 0.3) is 0 Å². The lowest BCUT2D eigenvalue weighted by molar-refractivity contribution is -0.654. The molecule has 0 amide bonds. The van der Waals surface area contributed by atoms with Gasteiger partial charge in [-0.3, -0.25) is 4.98 Å². The highest BCUT2D eigenvalue weighted by Gasteiger charge is 2.43. The fraction of sp³-hybridized carbons (Fsp3) is 0.200. The van der Waals surface area contributed by atoms with E-state index in [9.17, 15) is 0 Å². The van der Waals surface area contributed by atoms with Crippen LogP contribution in [0.1, 0.15) is 27.8 Å². The predicted octanol–water partition coefficient (Wildman–Crippen LogP) is 0.539. The van der Waals surface area contributed by atoms with E-state index >= 15 is 0 Å². The average molecular weight is 297 g/mol. The van der Waals surface area contributed by atoms with Gasteiger partial charge in [-0.25, -0.2) is 4.57 Å². The first kappa shape index (κ1) is 13.1. The number of rotatable bonds is 0. The van der Waals surface area contributed by atoms with Crippen LogP contribution < -0.4 is 21.1 Å². The number of nitrogens with zero attached hydrogens (tertiary/aromatic N) is 2. The van der Waals surface area contributed by atoms with Crippen LogP contribution in [0.3, 0.4) is 0 Å². The summed E-state index contributed by atoms with van der Waals surface area (Å²) in [6.45, 7) is 2.60. The second kappa shape index (κ2) is 4.54. The van der Waals surface area contributed by atoms with Gasteiger partial charge in [-0.05, 0) is 36.1 Å². The third-order valence-electron chi connectivity index (χ3n) is 5.50. The molecule has 2 aliphatic heterocycles. The first-order chi connectivity index (χ1) is 11.2. The lowest BCUT2D eigenvalue weighted by atomic mass is 9.31. The Hall–Kier alpha value is -2.42. The Labute approximate surface area is 136 Å². The third-order valence-corrected chi connectivity index (χ3v) is 5.50. The van der Waals surface area contributed by atoms with E-state index in [0.717, 1.165) is 12.8 Å². The van der Waals surface area contributed by atoms with Gasteiger partial charge < -0.3 is 0 Å². The molecule has 0 radical (unpaired) electrons. The molecule has 4 heterocycles. The summed E-state index contributed by atoms with van der Waals surface area (Å²) in [5.74, 6) is 0. The summed E-state index contributed by atoms with van der Waals surface area (Å²) in [6.07, 6.45) is 8.33. The molecule has 0 saturated carbocycles. The number of hydrogen-bond acceptors (Lipinski definition) is 1. The Morgan fingerprint density at radius 2 is 1.65 bits per heavy atom. The van der Waals surface area contributed by atoms with Crippen molar-refractivity contribution in [2.45, 2.75) is 19.8 Å². The topological polar surface area (TPSA) is 16.8 Å². The molecule has 3 aromatic rings. The van der Waals surface area contributed by atoms with Crippen LogP contribution in [0.4, 0.5) is 0 Å². The maximum Gasteiger partial charge on any atom is 0.327 e. The van der Waals surface area contributed by atoms with Gasteiger partial charge >= 0.3 is 6.71 Å². The molecule has 0 unspecified atom stereocenters. The van der Waals surface area contributed by atoms with Crippen LogP contribution in [0.15, 0.2) is 48.9 Å². The number of aryl methyl sites for hydroxylation is 2. The second-order valence-electron chi connectivity index (χ2n) is 6.84. The molecular formula is C20H18BN2+. The van der Waals surface area contributed by atoms with Gasteiger partial charge in [-0.1, -0.05) is 34.7 Å². The zero-order valence-electron chi connectivity index (χ0n) is 13.5. The lowest BCUT2D eigenvalue weighted by Crippen LogP contribution is -2.70. The smallest absolute Gasteiger partial charge is 0.264 e. The van der Waals surface area contributed by atoms with Crippen LogP contribution in [-0.2, 0) is 19.9 Å². The number of benzene rings is 1. The van der Waals surface area contributed by atoms with Crippen LogP contribution in [0.2, 0.25) is 0 Å². The van der Waals surface area contributed by atoms with Crippen molar-refractivity contribution in [1.82, 2.24) is 4.98 Å². The molecule has 0 atom stereocenters. The standard InChI is InChI=1S/C20H18BN2/c1-13-5-3-6-14-9-16-11-22-12-17-10-15-7-4-8-23(2)20(15)21(18(13)14)19(16)17/h3-8,11-12H,9-10H2,1-2H3/q+1. The Morgan fingerprint density at radius 1 is 0.913 bits per heavy atom. The molecule has 2 nitrogen and oxygen atoms in total. The fourth-order valence-electron chi connectivity index (χ4n) is 4.57. The third kappa shape index (κ3) is 1.71. The van der Waals surface area contributed by atoms with E-state index in [2.05, 4.69) is 72.4 Å². The molecular weight excluding hydrogens is 279 g/mol. The maximum atomic E-state index is 4.52. The van der Waals surface area contributed by atoms with Gasteiger partial charge in [0, 0.05) is 30.4 Å². The van der Waals surface area contributed by atoms with E-state index in [1.165, 1.54) is 44.3 Å². The van der Waals surface area contributed by atoms with Crippen LogP contribution in [-0.4, -0.2) is 11.7 Å². The summed E-state index contributed by atoms with van der Waals surface area (Å²) >= 11 is 0. The molecule has 2 aliphatic rings. The van der Waals surface area contributed by atoms with E-state index in [1.807, 2.05) is 0 Å². The van der Waals surface area contributed by atoms with Gasteiger partial charge in [0.1, 0.15) is 12.6 Å². The summed E-state index contributed by atoms with van der Waals surface area (Å²) < 4.78 is 2.31. The van der Waals surface area contributed by atoms with Crippen molar-refractivity contribution < 1.29 is 4.57 Å². The van der Waals surface area contributed by atoms with Gasteiger partial charge in [-0.2, -0.15) is 0 Å². The Bertz CT molecular complexity index is 855. The number of fused-ring (bicyclic) bond motifs is 4. The van der Waals surface area contributed by atoms with Gasteiger partial charge in [0.15, 0.2) is 6.20 Å². The Kier molecular flexibility index (Phi) is 2.58. The van der Waals surface area contributed by atoms with Crippen molar-refractivity contribution in [3.63, 3.8) is 0 Å². The Balaban J connectivity index is 1.91. The SMILES string of the molecule is Cc1cccc2c1B1c3c(cncc3Cc3ccc[n+](C)c31)C2. The van der Waals surface area contributed by atoms with E-state index in [-0.39, 0.29) is 0 Å². The molecule has 2 aromatic heterocycles. The lowest BCUT2D eigenvalue weighted by Gasteiger charge is -2.31. The van der Waals surface area contributed by atoms with E-state index in [0.29, 0.717) is 6.71 Å². The zero-order valence-corrected chi connectivity index (χ0v) is 13.5. The Morgan fingerprint density at radius 3 is 2.48 bits per heavy atom. The van der Waals surface area contributed by atoms with Crippen LogP contribution in [0.5, 0.6) is 0 Å². The molecule has 0 saturated heterocycles. The van der Waals surface area contributed by atoms with Crippen molar-refractivity contribution in [1.29, 1.82) is 0 Å². The first-order valence-electron chi connectivity index (χ1n) is 8.25. The van der Waals surface area contributed by atoms with Crippen molar-refractivity contribution in [2.24, 2.45) is 7.05 Å². The highest BCUT2D eigenvalue weighted by atomic mass is 14.9. The molecule has 5 rings (SSSR count). The summed E-state index contributed by atoms with van der Waals surface area (Å²) in [5.41, 5.74) is 11.6. The van der Waals surface area contributed by atoms with Crippen LogP contribution in [0, 0.1) is 6.92 Å². The summed E-state index contributed by atoms with van der Waals surface area (Å²) in [7, 11) is 2.18. The summed E-state index contributed by atoms with van der Waals surface area (Å²) in [5, 5.41) is 0. The van der Waals surface area contributed by atoms with Gasteiger partial charge in [0.25, 0.3) is 0 Å². The number of pyridine rings is 2. The molecule has 23 heavy (non-hydrogen) atoms. The normalized spacial score (nSPS) is 14.1. The van der Waals surface area contributed by atoms with Gasteiger partial charge in [0.05, 0.1) is 0 Å². The monoisotopic (exact) mass is 297 g/mol. The van der Waals surface area contributed by atoms with Crippen molar-refractivity contribution in [2.75, 3.05) is 0 Å². The quantitative estimate of drug-likeness (QED) is 0.301. The largest absolute Gasteiger partial charge is 0.327 e. The molecule has 1 aromatic carbocycles. The van der Waals surface area contributed by atoms with Crippen LogP contribution >= 0.6 is 0 Å². The van der Waals surface area contributed by atoms with Crippen molar-refractivity contribution >= 4 is 23.2 Å². The average Bonchev–Trinajstić information content (AvgIpc) is 2.55. The second-order valence-corrected chi connectivity index (χ2v) is 6.84. The molecule has 3 heteroatoms. The van der Waals surface area contributed by atoms with E-state index in [1.54, 1.807) is 0 Å². The molecule has 0 spiro atoms. The van der Waals surface area contributed by atoms with E-state index < -0.39 is 0 Å². The van der Waals surface area contributed by atoms with Crippen molar-refractivity contribution in [3.05, 3.63) is 76.7 Å². The highest BCUT2D eigenvalue weighted by molar-refractivity contribution is 6.96. The number of aromatic nitrogens is 2. The molecule has 0 bridgehead atoms. The number of hydrogen-bond donors (Lipinski definition) is 0. The highest BCUT2D eigenvalue weighted by Crippen LogP contribution is 2.21.